The topological polar surface area (TPSA) is 0 Å². The summed E-state index contributed by atoms with van der Waals surface area (Å²) in [5, 5.41) is 6.24. The van der Waals surface area contributed by atoms with Gasteiger partial charge in [0.25, 0.3) is 0 Å². The molecule has 0 atom stereocenters. The van der Waals surface area contributed by atoms with Gasteiger partial charge in [0.15, 0.2) is 0 Å². The predicted molar refractivity (Wildman–Crippen MR) is 238 cm³/mol. The van der Waals surface area contributed by atoms with Crippen LogP contribution >= 0.6 is 0 Å². The molecule has 8 aromatic rings. The highest BCUT2D eigenvalue weighted by molar-refractivity contribution is 7.05. The van der Waals surface area contributed by atoms with Crippen LogP contribution in [0.25, 0.3) is 66.8 Å². The van der Waals surface area contributed by atoms with Crippen LogP contribution in [0.5, 0.6) is 0 Å². The van der Waals surface area contributed by atoms with Gasteiger partial charge in [0.1, 0.15) is 16.1 Å². The zero-order valence-corrected chi connectivity index (χ0v) is 33.7. The summed E-state index contributed by atoms with van der Waals surface area (Å²) < 4.78 is 0. The molecule has 2 heteroatoms. The first-order valence-electron chi connectivity index (χ1n) is 19.8. The monoisotopic (exact) mass is 732 g/mol. The fourth-order valence-electron chi connectivity index (χ4n) is 11.7. The van der Waals surface area contributed by atoms with Gasteiger partial charge in [0.05, 0.1) is 5.41 Å². The first-order valence-corrected chi connectivity index (χ1v) is 25.8. The molecule has 0 radical (unpaired) electrons. The second-order valence-electron chi connectivity index (χ2n) is 17.2. The van der Waals surface area contributed by atoms with Crippen molar-refractivity contribution in [3.05, 3.63) is 192 Å². The smallest absolute Gasteiger partial charge is 0.0623 e. The second kappa shape index (κ2) is 10.7. The van der Waals surface area contributed by atoms with E-state index in [1.165, 1.54) is 89.0 Å². The Hall–Kier alpha value is -5.81. The molecule has 260 valence electrons. The SMILES string of the molecule is C[Si]1(C)c2ccccc2-c2cccc(-c3ccc4c(c3)C3(c5ccccc5-4)c4ccccc4-c4ccc(-c5cccc6c5[Si](C)(C)c5ccccc5-6)cc43)c21. The molecule has 0 saturated carbocycles. The van der Waals surface area contributed by atoms with E-state index in [2.05, 4.69) is 196 Å². The van der Waals surface area contributed by atoms with Crippen LogP contribution in [0.1, 0.15) is 22.3 Å². The lowest BCUT2D eigenvalue weighted by Crippen LogP contribution is -2.50. The van der Waals surface area contributed by atoms with Crippen molar-refractivity contribution in [2.45, 2.75) is 31.6 Å². The summed E-state index contributed by atoms with van der Waals surface area (Å²) in [7, 11) is -3.88. The maximum Gasteiger partial charge on any atom is 0.114 e. The van der Waals surface area contributed by atoms with Crippen molar-refractivity contribution in [1.82, 2.24) is 0 Å². The average molecular weight is 733 g/mol. The maximum absolute atomic E-state index is 2.59. The molecule has 55 heavy (non-hydrogen) atoms. The predicted octanol–water partition coefficient (Wildman–Crippen LogP) is 11.0. The lowest BCUT2D eigenvalue weighted by Gasteiger charge is -2.31. The number of hydrogen-bond acceptors (Lipinski definition) is 0. The summed E-state index contributed by atoms with van der Waals surface area (Å²) >= 11 is 0. The first kappa shape index (κ1) is 31.5. The van der Waals surface area contributed by atoms with Crippen LogP contribution in [-0.4, -0.2) is 16.1 Å². The molecule has 2 aliphatic heterocycles. The molecular formula is C53H40Si2. The van der Waals surface area contributed by atoms with E-state index in [0.29, 0.717) is 0 Å². The van der Waals surface area contributed by atoms with Crippen molar-refractivity contribution in [2.75, 3.05) is 0 Å². The van der Waals surface area contributed by atoms with Gasteiger partial charge in [-0.05, 0) is 122 Å². The Morgan fingerprint density at radius 1 is 0.291 bits per heavy atom. The fourth-order valence-corrected chi connectivity index (χ4v) is 18.6. The summed E-state index contributed by atoms with van der Waals surface area (Å²) in [6, 6.07) is 65.7. The van der Waals surface area contributed by atoms with Gasteiger partial charge in [0.2, 0.25) is 0 Å². The van der Waals surface area contributed by atoms with E-state index in [4.69, 9.17) is 0 Å². The Morgan fingerprint density at radius 3 is 1.09 bits per heavy atom. The highest BCUT2D eigenvalue weighted by Crippen LogP contribution is 2.63. The zero-order chi connectivity index (χ0) is 36.8. The average Bonchev–Trinajstić information content (AvgIpc) is 3.86. The van der Waals surface area contributed by atoms with Crippen molar-refractivity contribution in [3.63, 3.8) is 0 Å². The summed E-state index contributed by atoms with van der Waals surface area (Å²) in [5.74, 6) is 0. The van der Waals surface area contributed by atoms with Crippen LogP contribution in [0.15, 0.2) is 170 Å². The van der Waals surface area contributed by atoms with Gasteiger partial charge in [-0.25, -0.2) is 0 Å². The lowest BCUT2D eigenvalue weighted by molar-refractivity contribution is 0.794. The Kier molecular flexibility index (Phi) is 6.13. The van der Waals surface area contributed by atoms with Gasteiger partial charge in [-0.1, -0.05) is 184 Å². The molecule has 0 unspecified atom stereocenters. The van der Waals surface area contributed by atoms with Gasteiger partial charge in [0, 0.05) is 0 Å². The molecule has 0 saturated heterocycles. The summed E-state index contributed by atoms with van der Waals surface area (Å²) in [6.07, 6.45) is 0. The molecule has 2 aliphatic carbocycles. The second-order valence-corrected chi connectivity index (χ2v) is 25.7. The minimum atomic E-state index is -1.94. The third-order valence-corrected chi connectivity index (χ3v) is 21.0. The molecule has 0 amide bonds. The van der Waals surface area contributed by atoms with E-state index in [-0.39, 0.29) is 0 Å². The van der Waals surface area contributed by atoms with Crippen molar-refractivity contribution in [1.29, 1.82) is 0 Å². The summed E-state index contributed by atoms with van der Waals surface area (Å²) in [6.45, 7) is 10.2. The van der Waals surface area contributed by atoms with Crippen LogP contribution in [0.4, 0.5) is 0 Å². The van der Waals surface area contributed by atoms with Gasteiger partial charge in [-0.3, -0.25) is 0 Å². The van der Waals surface area contributed by atoms with E-state index in [9.17, 15) is 0 Å². The van der Waals surface area contributed by atoms with Gasteiger partial charge < -0.3 is 0 Å². The lowest BCUT2D eigenvalue weighted by atomic mass is 9.70. The fraction of sp³-hybridized carbons (Fsp3) is 0.0943. The Balaban J connectivity index is 1.13. The molecule has 0 aromatic heterocycles. The highest BCUT2D eigenvalue weighted by Gasteiger charge is 2.52. The summed E-state index contributed by atoms with van der Waals surface area (Å²) in [4.78, 5) is 0. The molecule has 4 aliphatic rings. The van der Waals surface area contributed by atoms with Crippen molar-refractivity contribution in [2.24, 2.45) is 0 Å². The van der Waals surface area contributed by atoms with Crippen LogP contribution in [-0.2, 0) is 5.41 Å². The minimum absolute atomic E-state index is 0.425. The Bertz CT molecular complexity index is 2790. The van der Waals surface area contributed by atoms with Crippen molar-refractivity contribution < 1.29 is 0 Å². The van der Waals surface area contributed by atoms with Gasteiger partial charge >= 0.3 is 0 Å². The maximum atomic E-state index is 2.59. The first-order chi connectivity index (χ1) is 26.8. The van der Waals surface area contributed by atoms with Crippen LogP contribution in [0.2, 0.25) is 26.2 Å². The normalized spacial score (nSPS) is 16.1. The number of hydrogen-bond donors (Lipinski definition) is 0. The molecule has 0 nitrogen and oxygen atoms in total. The summed E-state index contributed by atoms with van der Waals surface area (Å²) in [5.41, 5.74) is 21.7. The number of benzene rings is 8. The van der Waals surface area contributed by atoms with Crippen molar-refractivity contribution >= 4 is 36.9 Å². The Morgan fingerprint density at radius 2 is 0.636 bits per heavy atom. The molecule has 0 bridgehead atoms. The number of rotatable bonds is 2. The van der Waals surface area contributed by atoms with Gasteiger partial charge in [-0.2, -0.15) is 0 Å². The molecule has 1 spiro atoms. The quantitative estimate of drug-likeness (QED) is 0.155. The van der Waals surface area contributed by atoms with Crippen LogP contribution in [0, 0.1) is 0 Å². The highest BCUT2D eigenvalue weighted by atomic mass is 28.3. The standard InChI is InChI=1S/C53H40Si2/c1-54(2)49-25-11-7-17-41(49)43-21-13-19-35(51(43)54)33-27-29-39-37-15-5-9-23-45(37)53(47(39)31-33)46-24-10-6-16-38(46)40-30-28-34(32-48(40)53)36-20-14-22-44-42-18-8-12-26-50(42)55(3,4)52(36)44/h5-32H,1-4H3. The van der Waals surface area contributed by atoms with Gasteiger partial charge in [-0.15, -0.1) is 0 Å². The molecule has 2 heterocycles. The van der Waals surface area contributed by atoms with E-state index >= 15 is 0 Å². The molecule has 0 N–H and O–H groups in total. The third-order valence-electron chi connectivity index (χ3n) is 13.9. The van der Waals surface area contributed by atoms with E-state index in [1.54, 1.807) is 20.7 Å². The molecule has 12 rings (SSSR count). The van der Waals surface area contributed by atoms with E-state index in [1.807, 2.05) is 0 Å². The molecule has 8 aromatic carbocycles. The van der Waals surface area contributed by atoms with E-state index in [0.717, 1.165) is 0 Å². The molecule has 0 fully saturated rings. The minimum Gasteiger partial charge on any atom is -0.0623 e. The number of fused-ring (bicyclic) bond motifs is 16. The van der Waals surface area contributed by atoms with Crippen LogP contribution in [0.3, 0.4) is 0 Å². The zero-order valence-electron chi connectivity index (χ0n) is 31.7. The Labute approximate surface area is 325 Å². The van der Waals surface area contributed by atoms with Crippen molar-refractivity contribution in [3.8, 4) is 66.8 Å². The molecular weight excluding hydrogens is 693 g/mol. The van der Waals surface area contributed by atoms with E-state index < -0.39 is 21.6 Å². The largest absolute Gasteiger partial charge is 0.114 e. The van der Waals surface area contributed by atoms with Crippen LogP contribution < -0.4 is 20.7 Å². The third kappa shape index (κ3) is 3.81.